The van der Waals surface area contributed by atoms with Crippen LogP contribution in [0.2, 0.25) is 0 Å². The molecule has 0 spiro atoms. The third-order valence-electron chi connectivity index (χ3n) is 11.0. The van der Waals surface area contributed by atoms with Crippen LogP contribution in [0, 0.1) is 11.8 Å². The molecule has 4 saturated heterocycles. The first-order chi connectivity index (χ1) is 25.8. The van der Waals surface area contributed by atoms with Crippen molar-refractivity contribution in [2.45, 2.75) is 122 Å². The minimum atomic E-state index is -1.28. The third-order valence-corrected chi connectivity index (χ3v) is 11.0. The molecule has 16 nitrogen and oxygen atoms in total. The van der Waals surface area contributed by atoms with E-state index in [9.17, 15) is 38.4 Å². The molecule has 4 aliphatic rings. The largest absolute Gasteiger partial charge is 0.342 e. The van der Waals surface area contributed by atoms with Gasteiger partial charge in [-0.25, -0.2) is 9.59 Å². The second-order valence-corrected chi connectivity index (χ2v) is 15.3. The van der Waals surface area contributed by atoms with Crippen LogP contribution in [-0.2, 0) is 35.2 Å². The SMILES string of the molecule is CCC(C)C1NC(=O)C2CCCN2C(=O)C2CCCN2C(=O)C2CCCN2C(=O)C(CC(C)C)NC(=O)NC(=O)NC(=O)C(Cc2ccccc2)NC1=O. The Bertz CT molecular complexity index is 1600. The van der Waals surface area contributed by atoms with Gasteiger partial charge in [0.25, 0.3) is 5.91 Å². The van der Waals surface area contributed by atoms with Crippen LogP contribution in [0.5, 0.6) is 0 Å². The van der Waals surface area contributed by atoms with Gasteiger partial charge in [0, 0.05) is 26.1 Å². The summed E-state index contributed by atoms with van der Waals surface area (Å²) in [5.74, 6) is -3.71. The van der Waals surface area contributed by atoms with Crippen molar-refractivity contribution in [2.24, 2.45) is 11.8 Å². The normalized spacial score (nSPS) is 28.6. The lowest BCUT2D eigenvalue weighted by atomic mass is 9.96. The fourth-order valence-electron chi connectivity index (χ4n) is 7.95. The Kier molecular flexibility index (Phi) is 13.3. The van der Waals surface area contributed by atoms with Gasteiger partial charge in [0.1, 0.15) is 36.3 Å². The summed E-state index contributed by atoms with van der Waals surface area (Å²) in [6, 6.07) is 0.628. The van der Waals surface area contributed by atoms with Crippen LogP contribution in [0.4, 0.5) is 9.59 Å². The first kappa shape index (κ1) is 40.2. The molecule has 0 saturated carbocycles. The highest BCUT2D eigenvalue weighted by Gasteiger charge is 2.47. The molecule has 0 bridgehead atoms. The fourth-order valence-corrected chi connectivity index (χ4v) is 7.95. The Hall–Kier alpha value is -5.02. The van der Waals surface area contributed by atoms with Crippen molar-refractivity contribution in [1.82, 2.24) is 41.3 Å². The molecule has 0 aromatic heterocycles. The molecule has 0 radical (unpaired) electrons. The lowest BCUT2D eigenvalue weighted by Gasteiger charge is -2.35. The molecule has 7 unspecified atom stereocenters. The zero-order valence-electron chi connectivity index (χ0n) is 31.6. The molecule has 54 heavy (non-hydrogen) atoms. The molecule has 4 fully saturated rings. The number of fused-ring (bicyclic) bond motifs is 3. The first-order valence-corrected chi connectivity index (χ1v) is 19.3. The number of carbonyl (C=O) groups excluding carboxylic acids is 8. The topological polar surface area (TPSA) is 206 Å². The van der Waals surface area contributed by atoms with Gasteiger partial charge in [-0.1, -0.05) is 64.4 Å². The van der Waals surface area contributed by atoms with Gasteiger partial charge in [-0.15, -0.1) is 0 Å². The Labute approximate surface area is 315 Å². The number of nitrogens with zero attached hydrogens (tertiary/aromatic N) is 3. The molecule has 294 valence electrons. The zero-order chi connectivity index (χ0) is 39.1. The Morgan fingerprint density at radius 3 is 1.74 bits per heavy atom. The molecule has 10 amide bonds. The average molecular weight is 751 g/mol. The zero-order valence-corrected chi connectivity index (χ0v) is 31.6. The highest BCUT2D eigenvalue weighted by Crippen LogP contribution is 2.29. The summed E-state index contributed by atoms with van der Waals surface area (Å²) in [5.41, 5.74) is 0.677. The lowest BCUT2D eigenvalue weighted by Crippen LogP contribution is -2.61. The molecule has 0 aliphatic carbocycles. The summed E-state index contributed by atoms with van der Waals surface area (Å²) in [6.45, 7) is 8.28. The summed E-state index contributed by atoms with van der Waals surface area (Å²) in [6.07, 6.45) is 3.52. The maximum absolute atomic E-state index is 14.2. The highest BCUT2D eigenvalue weighted by atomic mass is 16.2. The third kappa shape index (κ3) is 9.37. The number of rotatable bonds is 6. The van der Waals surface area contributed by atoms with Crippen molar-refractivity contribution in [2.75, 3.05) is 19.6 Å². The standard InChI is InChI=1S/C38H54N8O8/c1-5-23(4)30-33(49)39-25(21-24-12-7-6-8-13-24)31(47)42-38(54)43-37(53)40-26(20-22(2)3)34(50)45-18-10-15-28(45)36(52)46-19-11-16-29(46)35(51)44-17-9-14-27(44)32(48)41-30/h6-8,12-13,22-23,25-30H,5,9-11,14-21H2,1-4H3,(H,39,49)(H,41,48)(H3,40,42,43,47,53,54). The van der Waals surface area contributed by atoms with E-state index in [4.69, 9.17) is 0 Å². The molecule has 16 heteroatoms. The number of hydrogen-bond acceptors (Lipinski definition) is 8. The smallest absolute Gasteiger partial charge is 0.329 e. The molecule has 5 N–H and O–H groups in total. The average Bonchev–Trinajstić information content (AvgIpc) is 3.93. The van der Waals surface area contributed by atoms with Gasteiger partial charge < -0.3 is 30.7 Å². The van der Waals surface area contributed by atoms with Crippen molar-refractivity contribution in [1.29, 1.82) is 0 Å². The van der Waals surface area contributed by atoms with E-state index < -0.39 is 71.9 Å². The molecule has 1 aromatic rings. The predicted octanol–water partition coefficient (Wildman–Crippen LogP) is 1.18. The summed E-state index contributed by atoms with van der Waals surface area (Å²) in [4.78, 5) is 114. The highest BCUT2D eigenvalue weighted by molar-refractivity contribution is 6.05. The number of nitrogens with one attached hydrogen (secondary N) is 5. The van der Waals surface area contributed by atoms with Crippen molar-refractivity contribution >= 4 is 47.5 Å². The van der Waals surface area contributed by atoms with Crippen LogP contribution in [0.15, 0.2) is 30.3 Å². The summed E-state index contributed by atoms with van der Waals surface area (Å²) >= 11 is 0. The predicted molar refractivity (Wildman–Crippen MR) is 196 cm³/mol. The number of amides is 10. The van der Waals surface area contributed by atoms with Gasteiger partial charge in [0.05, 0.1) is 0 Å². The van der Waals surface area contributed by atoms with Crippen molar-refractivity contribution in [3.8, 4) is 0 Å². The number of carbonyl (C=O) groups is 8. The van der Waals surface area contributed by atoms with Crippen LogP contribution < -0.4 is 26.6 Å². The van der Waals surface area contributed by atoms with E-state index in [0.717, 1.165) is 0 Å². The van der Waals surface area contributed by atoms with Gasteiger partial charge in [-0.3, -0.25) is 39.4 Å². The van der Waals surface area contributed by atoms with Gasteiger partial charge in [0.2, 0.25) is 29.5 Å². The Balaban J connectivity index is 1.49. The quantitative estimate of drug-likeness (QED) is 0.285. The van der Waals surface area contributed by atoms with Gasteiger partial charge >= 0.3 is 12.1 Å². The molecule has 4 heterocycles. The monoisotopic (exact) mass is 750 g/mol. The van der Waals surface area contributed by atoms with Crippen LogP contribution in [-0.4, -0.2) is 118 Å². The van der Waals surface area contributed by atoms with Crippen LogP contribution in [0.25, 0.3) is 0 Å². The fraction of sp³-hybridized carbons (Fsp3) is 0.632. The van der Waals surface area contributed by atoms with Crippen molar-refractivity contribution < 1.29 is 38.4 Å². The Morgan fingerprint density at radius 2 is 1.17 bits per heavy atom. The maximum Gasteiger partial charge on any atom is 0.329 e. The van der Waals surface area contributed by atoms with E-state index in [1.54, 1.807) is 37.3 Å². The van der Waals surface area contributed by atoms with Crippen LogP contribution in [0.3, 0.4) is 0 Å². The van der Waals surface area contributed by atoms with Crippen LogP contribution in [0.1, 0.15) is 84.6 Å². The molecule has 4 aliphatic heterocycles. The van der Waals surface area contributed by atoms with Crippen molar-refractivity contribution in [3.05, 3.63) is 35.9 Å². The van der Waals surface area contributed by atoms with E-state index in [1.807, 2.05) is 20.8 Å². The summed E-state index contributed by atoms with van der Waals surface area (Å²) in [7, 11) is 0. The second-order valence-electron chi connectivity index (χ2n) is 15.3. The van der Waals surface area contributed by atoms with Crippen molar-refractivity contribution in [3.63, 3.8) is 0 Å². The van der Waals surface area contributed by atoms with Gasteiger partial charge in [0.15, 0.2) is 0 Å². The number of imide groups is 2. The molecule has 5 rings (SSSR count). The molecular formula is C38H54N8O8. The maximum atomic E-state index is 14.2. The van der Waals surface area contributed by atoms with Crippen LogP contribution >= 0.6 is 0 Å². The summed E-state index contributed by atoms with van der Waals surface area (Å²) in [5, 5.41) is 12.3. The van der Waals surface area contributed by atoms with Gasteiger partial charge in [-0.05, 0) is 62.3 Å². The van der Waals surface area contributed by atoms with E-state index >= 15 is 0 Å². The van der Waals surface area contributed by atoms with Gasteiger partial charge in [-0.2, -0.15) is 0 Å². The molecule has 7 atom stereocenters. The van der Waals surface area contributed by atoms with E-state index in [2.05, 4.69) is 26.6 Å². The number of benzene rings is 1. The first-order valence-electron chi connectivity index (χ1n) is 19.3. The number of hydrogen-bond donors (Lipinski definition) is 5. The lowest BCUT2D eigenvalue weighted by molar-refractivity contribution is -0.151. The number of urea groups is 2. The van der Waals surface area contributed by atoms with E-state index in [0.29, 0.717) is 63.6 Å². The Morgan fingerprint density at radius 1 is 0.611 bits per heavy atom. The second kappa shape index (κ2) is 17.9. The van der Waals surface area contributed by atoms with E-state index in [1.165, 1.54) is 14.7 Å². The minimum absolute atomic E-state index is 0.0114. The van der Waals surface area contributed by atoms with E-state index in [-0.39, 0.29) is 43.0 Å². The molecule has 1 aromatic carbocycles. The summed E-state index contributed by atoms with van der Waals surface area (Å²) < 4.78 is 0. The minimum Gasteiger partial charge on any atom is -0.342 e. The molecular weight excluding hydrogens is 696 g/mol.